The number of halogens is 1. The topological polar surface area (TPSA) is 53.2 Å². The number of rotatable bonds is 5. The largest absolute Gasteiger partial charge is 0.289 e. The van der Waals surface area contributed by atoms with Gasteiger partial charge in [-0.1, -0.05) is 65.5 Å². The lowest BCUT2D eigenvalue weighted by atomic mass is 10.1. The number of carbonyl (C=O) groups excluding carboxylic acids is 1. The maximum absolute atomic E-state index is 12.0. The van der Waals surface area contributed by atoms with Gasteiger partial charge in [0.05, 0.1) is 0 Å². The Balaban J connectivity index is 1.91. The lowest BCUT2D eigenvalue weighted by Gasteiger charge is -2.01. The summed E-state index contributed by atoms with van der Waals surface area (Å²) in [6.07, 6.45) is 3.26. The normalized spacial score (nSPS) is 11.4. The van der Waals surface area contributed by atoms with Crippen LogP contribution >= 0.6 is 35.1 Å². The smallest absolute Gasteiger partial charge is 0.207 e. The van der Waals surface area contributed by atoms with E-state index in [1.54, 1.807) is 35.9 Å². The van der Waals surface area contributed by atoms with Crippen LogP contribution in [-0.4, -0.2) is 10.2 Å². The number of benzene rings is 2. The predicted molar refractivity (Wildman–Crippen MR) is 103 cm³/mol. The number of aliphatic imine (C=N–C) groups is 1. The van der Waals surface area contributed by atoms with E-state index in [0.29, 0.717) is 20.7 Å². The van der Waals surface area contributed by atoms with Gasteiger partial charge in [0.1, 0.15) is 4.38 Å². The van der Waals surface area contributed by atoms with Crippen molar-refractivity contribution < 1.29 is 4.79 Å². The van der Waals surface area contributed by atoms with E-state index >= 15 is 0 Å². The number of carbonyl (C=O) groups is 1. The first-order valence-electron chi connectivity index (χ1n) is 6.95. The van der Waals surface area contributed by atoms with Crippen molar-refractivity contribution in [2.75, 3.05) is 0 Å². The number of hydrogen-bond acceptors (Lipinski definition) is 5. The molecule has 0 spiro atoms. The van der Waals surface area contributed by atoms with Crippen molar-refractivity contribution in [1.29, 1.82) is 5.26 Å². The van der Waals surface area contributed by atoms with Gasteiger partial charge in [0.15, 0.2) is 5.78 Å². The fourth-order valence-corrected chi connectivity index (χ4v) is 3.45. The molecule has 0 aliphatic carbocycles. The summed E-state index contributed by atoms with van der Waals surface area (Å²) in [6.45, 7) is 0. The van der Waals surface area contributed by atoms with Gasteiger partial charge >= 0.3 is 0 Å². The third kappa shape index (κ3) is 6.25. The third-order valence-corrected chi connectivity index (χ3v) is 5.14. The van der Waals surface area contributed by atoms with E-state index in [9.17, 15) is 4.79 Å². The highest BCUT2D eigenvalue weighted by atomic mass is 35.5. The highest BCUT2D eigenvalue weighted by Crippen LogP contribution is 2.22. The van der Waals surface area contributed by atoms with Gasteiger partial charge < -0.3 is 0 Å². The van der Waals surface area contributed by atoms with Crippen LogP contribution in [0, 0.1) is 11.5 Å². The molecule has 2 rings (SSSR count). The molecule has 0 aliphatic rings. The van der Waals surface area contributed by atoms with Gasteiger partial charge in [-0.3, -0.25) is 4.79 Å². The molecule has 2 aromatic carbocycles. The number of thioether (sulfide) groups is 2. The second-order valence-electron chi connectivity index (χ2n) is 4.54. The summed E-state index contributed by atoms with van der Waals surface area (Å²) in [4.78, 5) is 15.8. The zero-order valence-electron chi connectivity index (χ0n) is 12.6. The maximum atomic E-state index is 12.0. The van der Waals surface area contributed by atoms with E-state index in [2.05, 4.69) is 4.99 Å². The zero-order valence-corrected chi connectivity index (χ0v) is 14.9. The van der Waals surface area contributed by atoms with Gasteiger partial charge in [0, 0.05) is 16.3 Å². The number of allylic oxidation sites excluding steroid dienone is 1. The lowest BCUT2D eigenvalue weighted by Crippen LogP contribution is -1.93. The minimum absolute atomic E-state index is 0.122. The number of hydrogen-bond donors (Lipinski definition) is 0. The first-order chi connectivity index (χ1) is 11.7. The number of nitriles is 1. The van der Waals surface area contributed by atoms with Crippen molar-refractivity contribution in [2.45, 2.75) is 5.75 Å². The van der Waals surface area contributed by atoms with Crippen molar-refractivity contribution >= 4 is 45.3 Å². The molecule has 0 radical (unpaired) electrons. The first kappa shape index (κ1) is 18.3. The summed E-state index contributed by atoms with van der Waals surface area (Å²) >= 11 is 8.51. The molecular weight excluding hydrogens is 360 g/mol. The fraction of sp³-hybridized carbons (Fsp3) is 0.0556. The number of ketones is 1. The molecule has 0 aromatic heterocycles. The van der Waals surface area contributed by atoms with E-state index in [1.165, 1.54) is 29.6 Å². The van der Waals surface area contributed by atoms with Crippen molar-refractivity contribution in [3.63, 3.8) is 0 Å². The Hall–Kier alpha value is -2.00. The Morgan fingerprint density at radius 1 is 1.17 bits per heavy atom. The molecule has 0 fully saturated rings. The molecule has 24 heavy (non-hydrogen) atoms. The monoisotopic (exact) mass is 372 g/mol. The molecule has 0 bridgehead atoms. The van der Waals surface area contributed by atoms with Crippen LogP contribution in [0.3, 0.4) is 0 Å². The lowest BCUT2D eigenvalue weighted by molar-refractivity contribution is 0.104. The van der Waals surface area contributed by atoms with E-state index in [-0.39, 0.29) is 5.78 Å². The van der Waals surface area contributed by atoms with Crippen molar-refractivity contribution in [2.24, 2.45) is 4.99 Å². The summed E-state index contributed by atoms with van der Waals surface area (Å²) in [5, 5.41) is 11.0. The first-order valence-corrected chi connectivity index (χ1v) is 9.20. The average molecular weight is 373 g/mol. The van der Waals surface area contributed by atoms with Gasteiger partial charge in [-0.2, -0.15) is 10.3 Å². The van der Waals surface area contributed by atoms with Crippen LogP contribution in [0.1, 0.15) is 15.9 Å². The summed E-state index contributed by atoms with van der Waals surface area (Å²) in [5.41, 5.74) is 1.71. The molecule has 0 unspecified atom stereocenters. The maximum Gasteiger partial charge on any atom is 0.207 e. The Bertz CT molecular complexity index is 781. The van der Waals surface area contributed by atoms with Gasteiger partial charge in [-0.05, 0) is 41.3 Å². The van der Waals surface area contributed by atoms with Crippen molar-refractivity contribution in [3.05, 3.63) is 82.2 Å². The summed E-state index contributed by atoms with van der Waals surface area (Å²) in [5.74, 6) is 0.594. The van der Waals surface area contributed by atoms with Gasteiger partial charge in [-0.25, -0.2) is 0 Å². The van der Waals surface area contributed by atoms with Crippen LogP contribution in [-0.2, 0) is 5.75 Å². The second kappa shape index (κ2) is 9.99. The molecule has 2 aromatic rings. The third-order valence-electron chi connectivity index (χ3n) is 2.86. The molecule has 0 N–H and O–H groups in total. The SMILES string of the molecule is N#CN=C(S/C=C/C(=O)c1ccc(Cl)cc1)SCc1ccccc1. The van der Waals surface area contributed by atoms with Crippen molar-refractivity contribution in [3.8, 4) is 6.19 Å². The van der Waals surface area contributed by atoms with E-state index in [1.807, 2.05) is 30.3 Å². The molecule has 0 saturated carbocycles. The molecule has 6 heteroatoms. The van der Waals surface area contributed by atoms with Gasteiger partial charge in [-0.15, -0.1) is 0 Å². The van der Waals surface area contributed by atoms with Gasteiger partial charge in [0.2, 0.25) is 6.19 Å². The highest BCUT2D eigenvalue weighted by Gasteiger charge is 2.04. The molecule has 0 heterocycles. The Morgan fingerprint density at radius 2 is 1.88 bits per heavy atom. The summed E-state index contributed by atoms with van der Waals surface area (Å²) < 4.78 is 0.599. The quantitative estimate of drug-likeness (QED) is 0.227. The molecular formula is C18H13ClN2OS2. The minimum Gasteiger partial charge on any atom is -0.289 e. The minimum atomic E-state index is -0.122. The average Bonchev–Trinajstić information content (AvgIpc) is 2.61. The standard InChI is InChI=1S/C18H13ClN2OS2/c19-16-8-6-15(7-9-16)17(22)10-11-23-18(21-13-20)24-12-14-4-2-1-3-5-14/h1-11H,12H2/b11-10+,21-18?. The molecule has 0 saturated heterocycles. The fourth-order valence-electron chi connectivity index (χ4n) is 1.72. The highest BCUT2D eigenvalue weighted by molar-refractivity contribution is 8.39. The van der Waals surface area contributed by atoms with E-state index < -0.39 is 0 Å². The summed E-state index contributed by atoms with van der Waals surface area (Å²) in [6, 6.07) is 16.6. The van der Waals surface area contributed by atoms with Crippen LogP contribution in [0.15, 0.2) is 71.1 Å². The Morgan fingerprint density at radius 3 is 2.54 bits per heavy atom. The Labute approximate surface area is 154 Å². The van der Waals surface area contributed by atoms with Crippen molar-refractivity contribution in [1.82, 2.24) is 0 Å². The number of nitrogens with zero attached hydrogens (tertiary/aromatic N) is 2. The van der Waals surface area contributed by atoms with Crippen LogP contribution in [0.2, 0.25) is 5.02 Å². The van der Waals surface area contributed by atoms with Crippen LogP contribution in [0.4, 0.5) is 0 Å². The predicted octanol–water partition coefficient (Wildman–Crippen LogP) is 5.54. The molecule has 0 aliphatic heterocycles. The summed E-state index contributed by atoms with van der Waals surface area (Å²) in [7, 11) is 0. The van der Waals surface area contributed by atoms with Crippen LogP contribution < -0.4 is 0 Å². The zero-order chi connectivity index (χ0) is 17.2. The molecule has 0 atom stereocenters. The van der Waals surface area contributed by atoms with Crippen LogP contribution in [0.5, 0.6) is 0 Å². The van der Waals surface area contributed by atoms with E-state index in [0.717, 1.165) is 5.56 Å². The van der Waals surface area contributed by atoms with Gasteiger partial charge in [0.25, 0.3) is 0 Å². The second-order valence-corrected chi connectivity index (χ2v) is 7.10. The van der Waals surface area contributed by atoms with E-state index in [4.69, 9.17) is 16.9 Å². The molecule has 120 valence electrons. The Kier molecular flexibility index (Phi) is 7.63. The molecule has 3 nitrogen and oxygen atoms in total. The van der Waals surface area contributed by atoms with Crippen LogP contribution in [0.25, 0.3) is 0 Å². The molecule has 0 amide bonds.